The number of hydrogen-bond acceptors (Lipinski definition) is 4. The molecule has 28 heavy (non-hydrogen) atoms. The predicted molar refractivity (Wildman–Crippen MR) is 105 cm³/mol. The third-order valence-electron chi connectivity index (χ3n) is 5.74. The molecule has 146 valence electrons. The lowest BCUT2D eigenvalue weighted by Gasteiger charge is -2.39. The second kappa shape index (κ2) is 7.66. The van der Waals surface area contributed by atoms with Crippen LogP contribution in [-0.2, 0) is 14.3 Å². The molecule has 2 heterocycles. The highest BCUT2D eigenvalue weighted by atomic mass is 16.5. The molecule has 2 aliphatic rings. The first-order valence-electron chi connectivity index (χ1n) is 9.89. The van der Waals surface area contributed by atoms with E-state index in [1.165, 1.54) is 0 Å². The molecule has 2 aliphatic heterocycles. The van der Waals surface area contributed by atoms with Gasteiger partial charge in [-0.1, -0.05) is 36.4 Å². The third kappa shape index (κ3) is 3.37. The van der Waals surface area contributed by atoms with E-state index in [1.54, 1.807) is 0 Å². The molecule has 2 aromatic carbocycles. The van der Waals surface area contributed by atoms with E-state index in [-0.39, 0.29) is 24.6 Å². The molecule has 0 spiro atoms. The van der Waals surface area contributed by atoms with Gasteiger partial charge in [0.2, 0.25) is 0 Å². The Morgan fingerprint density at radius 2 is 1.50 bits per heavy atom. The summed E-state index contributed by atoms with van der Waals surface area (Å²) in [6.07, 6.45) is 3.11. The number of likely N-dealkylation sites (tertiary alicyclic amines) is 1. The van der Waals surface area contributed by atoms with Crippen LogP contribution in [0.15, 0.2) is 48.5 Å². The van der Waals surface area contributed by atoms with E-state index in [1.807, 2.05) is 53.4 Å². The fourth-order valence-electron chi connectivity index (χ4n) is 4.37. The topological polar surface area (TPSA) is 55.8 Å². The molecule has 1 saturated heterocycles. The minimum absolute atomic E-state index is 0.123. The van der Waals surface area contributed by atoms with Gasteiger partial charge in [0.15, 0.2) is 6.61 Å². The SMILES string of the molecule is C[C@H]1CCC[C@H](C)N1C(=O)COC(=O)C1c2ccccc2Oc2ccccc21. The van der Waals surface area contributed by atoms with E-state index >= 15 is 0 Å². The van der Waals surface area contributed by atoms with Crippen LogP contribution in [0.5, 0.6) is 11.5 Å². The average molecular weight is 379 g/mol. The maximum atomic E-state index is 13.0. The Hall–Kier alpha value is -2.82. The number of benzene rings is 2. The van der Waals surface area contributed by atoms with Gasteiger partial charge >= 0.3 is 5.97 Å². The van der Waals surface area contributed by atoms with E-state index in [0.29, 0.717) is 11.5 Å². The van der Waals surface area contributed by atoms with Gasteiger partial charge in [-0.2, -0.15) is 0 Å². The summed E-state index contributed by atoms with van der Waals surface area (Å²) in [4.78, 5) is 27.6. The molecule has 1 amide bonds. The molecule has 0 unspecified atom stereocenters. The Labute approximate surface area is 165 Å². The molecule has 0 N–H and O–H groups in total. The van der Waals surface area contributed by atoms with Gasteiger partial charge in [-0.25, -0.2) is 0 Å². The number of rotatable bonds is 3. The molecule has 5 nitrogen and oxygen atoms in total. The summed E-state index contributed by atoms with van der Waals surface area (Å²) in [5, 5.41) is 0. The number of para-hydroxylation sites is 2. The second-order valence-corrected chi connectivity index (χ2v) is 7.65. The summed E-state index contributed by atoms with van der Waals surface area (Å²) in [6, 6.07) is 15.3. The third-order valence-corrected chi connectivity index (χ3v) is 5.74. The highest BCUT2D eigenvalue weighted by Gasteiger charge is 2.35. The summed E-state index contributed by atoms with van der Waals surface area (Å²) < 4.78 is 11.4. The lowest BCUT2D eigenvalue weighted by Crippen LogP contribution is -2.49. The molecular weight excluding hydrogens is 354 g/mol. The van der Waals surface area contributed by atoms with Gasteiger partial charge in [-0.3, -0.25) is 9.59 Å². The number of carbonyl (C=O) groups is 2. The minimum atomic E-state index is -0.592. The van der Waals surface area contributed by atoms with Crippen LogP contribution < -0.4 is 4.74 Å². The fourth-order valence-corrected chi connectivity index (χ4v) is 4.37. The number of amides is 1. The number of fused-ring (bicyclic) bond motifs is 2. The van der Waals surface area contributed by atoms with E-state index in [4.69, 9.17) is 9.47 Å². The molecule has 2 atom stereocenters. The van der Waals surface area contributed by atoms with E-state index in [2.05, 4.69) is 13.8 Å². The predicted octanol–water partition coefficient (Wildman–Crippen LogP) is 4.26. The first-order valence-corrected chi connectivity index (χ1v) is 9.89. The van der Waals surface area contributed by atoms with Crippen molar-refractivity contribution in [2.45, 2.75) is 51.1 Å². The molecular formula is C23H25NO4. The van der Waals surface area contributed by atoms with Crippen LogP contribution in [-0.4, -0.2) is 35.5 Å². The minimum Gasteiger partial charge on any atom is -0.457 e. The maximum absolute atomic E-state index is 13.0. The normalized spacial score (nSPS) is 21.3. The first-order chi connectivity index (χ1) is 13.6. The Kier molecular flexibility index (Phi) is 5.07. The van der Waals surface area contributed by atoms with Crippen molar-refractivity contribution in [3.05, 3.63) is 59.7 Å². The van der Waals surface area contributed by atoms with Crippen LogP contribution in [0.4, 0.5) is 0 Å². The van der Waals surface area contributed by atoms with Gasteiger partial charge in [0.1, 0.15) is 17.4 Å². The standard InChI is InChI=1S/C23H25NO4/c1-15-8-7-9-16(2)24(15)21(25)14-27-23(26)22-17-10-3-5-12-19(17)28-20-13-6-4-11-18(20)22/h3-6,10-13,15-16,22H,7-9,14H2,1-2H3/t15-,16-/m0/s1. The smallest absolute Gasteiger partial charge is 0.318 e. The molecule has 0 aliphatic carbocycles. The van der Waals surface area contributed by atoms with Crippen molar-refractivity contribution in [3.63, 3.8) is 0 Å². The van der Waals surface area contributed by atoms with E-state index < -0.39 is 11.9 Å². The molecule has 0 bridgehead atoms. The van der Waals surface area contributed by atoms with Gasteiger partial charge in [-0.05, 0) is 45.2 Å². The van der Waals surface area contributed by atoms with Crippen LogP contribution in [0.3, 0.4) is 0 Å². The highest BCUT2D eigenvalue weighted by Crippen LogP contribution is 2.44. The Balaban J connectivity index is 1.53. The number of carbonyl (C=O) groups excluding carboxylic acids is 2. The molecule has 5 heteroatoms. The number of piperidine rings is 1. The number of hydrogen-bond donors (Lipinski definition) is 0. The van der Waals surface area contributed by atoms with Crippen molar-refractivity contribution >= 4 is 11.9 Å². The molecule has 2 aromatic rings. The van der Waals surface area contributed by atoms with Gasteiger partial charge in [0.25, 0.3) is 5.91 Å². The zero-order valence-electron chi connectivity index (χ0n) is 16.3. The van der Waals surface area contributed by atoms with E-state index in [0.717, 1.165) is 30.4 Å². The highest BCUT2D eigenvalue weighted by molar-refractivity contribution is 5.88. The van der Waals surface area contributed by atoms with Gasteiger partial charge in [0.05, 0.1) is 0 Å². The molecule has 1 fully saturated rings. The van der Waals surface area contributed by atoms with E-state index in [9.17, 15) is 9.59 Å². The lowest BCUT2D eigenvalue weighted by atomic mass is 9.88. The maximum Gasteiger partial charge on any atom is 0.318 e. The van der Waals surface area contributed by atoms with Gasteiger partial charge in [0, 0.05) is 23.2 Å². The van der Waals surface area contributed by atoms with Crippen LogP contribution >= 0.6 is 0 Å². The Morgan fingerprint density at radius 1 is 0.964 bits per heavy atom. The van der Waals surface area contributed by atoms with Crippen molar-refractivity contribution in [3.8, 4) is 11.5 Å². The Bertz CT molecular complexity index is 838. The average Bonchev–Trinajstić information content (AvgIpc) is 2.70. The van der Waals surface area contributed by atoms with Crippen LogP contribution in [0.1, 0.15) is 50.2 Å². The summed E-state index contributed by atoms with van der Waals surface area (Å²) in [7, 11) is 0. The number of nitrogens with zero attached hydrogens (tertiary/aromatic N) is 1. The van der Waals surface area contributed by atoms with Crippen LogP contribution in [0.2, 0.25) is 0 Å². The van der Waals surface area contributed by atoms with Crippen molar-refractivity contribution in [2.24, 2.45) is 0 Å². The molecule has 0 aromatic heterocycles. The summed E-state index contributed by atoms with van der Waals surface area (Å²) in [5.74, 6) is 0.154. The number of ether oxygens (including phenoxy) is 2. The van der Waals surface area contributed by atoms with Crippen molar-refractivity contribution < 1.29 is 19.1 Å². The second-order valence-electron chi connectivity index (χ2n) is 7.65. The molecule has 0 saturated carbocycles. The monoisotopic (exact) mass is 379 g/mol. The lowest BCUT2D eigenvalue weighted by molar-refractivity contribution is -0.155. The van der Waals surface area contributed by atoms with Crippen LogP contribution in [0, 0.1) is 0 Å². The summed E-state index contributed by atoms with van der Waals surface area (Å²) in [6.45, 7) is 3.88. The Morgan fingerprint density at radius 3 is 2.07 bits per heavy atom. The van der Waals surface area contributed by atoms with Crippen molar-refractivity contribution in [1.82, 2.24) is 4.90 Å². The quantitative estimate of drug-likeness (QED) is 0.748. The summed E-state index contributed by atoms with van der Waals surface area (Å²) >= 11 is 0. The van der Waals surface area contributed by atoms with Gasteiger partial charge < -0.3 is 14.4 Å². The molecule has 4 rings (SSSR count). The summed E-state index contributed by atoms with van der Waals surface area (Å²) in [5.41, 5.74) is 1.52. The fraction of sp³-hybridized carbons (Fsp3) is 0.391. The van der Waals surface area contributed by atoms with Crippen molar-refractivity contribution in [2.75, 3.05) is 6.61 Å². The van der Waals surface area contributed by atoms with Crippen molar-refractivity contribution in [1.29, 1.82) is 0 Å². The first kappa shape index (κ1) is 18.5. The zero-order valence-corrected chi connectivity index (χ0v) is 16.3. The van der Waals surface area contributed by atoms with Gasteiger partial charge in [-0.15, -0.1) is 0 Å². The number of esters is 1. The van der Waals surface area contributed by atoms with Crippen LogP contribution in [0.25, 0.3) is 0 Å². The largest absolute Gasteiger partial charge is 0.457 e. The zero-order chi connectivity index (χ0) is 19.7. The molecule has 0 radical (unpaired) electrons.